The quantitative estimate of drug-likeness (QED) is 0.684. The summed E-state index contributed by atoms with van der Waals surface area (Å²) >= 11 is 0. The molecule has 2 aromatic rings. The van der Waals surface area contributed by atoms with Gasteiger partial charge in [-0.25, -0.2) is 4.39 Å². The fourth-order valence-corrected chi connectivity index (χ4v) is 3.20. The van der Waals surface area contributed by atoms with Gasteiger partial charge in [0.05, 0.1) is 6.54 Å². The van der Waals surface area contributed by atoms with Crippen LogP contribution in [-0.2, 0) is 11.4 Å². The normalized spacial score (nSPS) is 18.5. The lowest BCUT2D eigenvalue weighted by molar-refractivity contribution is -0.139. The van der Waals surface area contributed by atoms with Crippen molar-refractivity contribution in [3.63, 3.8) is 0 Å². The van der Waals surface area contributed by atoms with Crippen molar-refractivity contribution >= 4 is 11.9 Å². The highest BCUT2D eigenvalue weighted by atomic mass is 19.1. The Bertz CT molecular complexity index is 814. The number of ether oxygens (including phenoxy) is 1. The standard InChI is InChI=1S/C20H23FN2O5/c1-2-23(11-19(24)25)15-9-14(10-15)22-20(26)18-8-7-17(28-18)12-27-16-5-3-13(21)4-6-16/h3-8,14-15H,2,9-12H2,1H3,(H,22,26)(H,24,25). The van der Waals surface area contributed by atoms with Crippen molar-refractivity contribution in [3.05, 3.63) is 53.7 Å². The third-order valence-corrected chi connectivity index (χ3v) is 4.79. The molecule has 1 aromatic heterocycles. The highest BCUT2D eigenvalue weighted by Crippen LogP contribution is 2.26. The Morgan fingerprint density at radius 3 is 2.61 bits per heavy atom. The number of hydrogen-bond acceptors (Lipinski definition) is 5. The molecule has 0 bridgehead atoms. The summed E-state index contributed by atoms with van der Waals surface area (Å²) in [6.45, 7) is 2.73. The van der Waals surface area contributed by atoms with Gasteiger partial charge < -0.3 is 19.6 Å². The van der Waals surface area contributed by atoms with Crippen LogP contribution in [0.25, 0.3) is 0 Å². The molecular weight excluding hydrogens is 367 g/mol. The Balaban J connectivity index is 1.44. The molecule has 0 saturated heterocycles. The van der Waals surface area contributed by atoms with Crippen molar-refractivity contribution in [2.75, 3.05) is 13.1 Å². The van der Waals surface area contributed by atoms with E-state index >= 15 is 0 Å². The Labute approximate surface area is 162 Å². The highest BCUT2D eigenvalue weighted by Gasteiger charge is 2.35. The van der Waals surface area contributed by atoms with Crippen molar-refractivity contribution in [2.24, 2.45) is 0 Å². The summed E-state index contributed by atoms with van der Waals surface area (Å²) in [5.41, 5.74) is 0. The van der Waals surface area contributed by atoms with Gasteiger partial charge in [-0.05, 0) is 55.8 Å². The van der Waals surface area contributed by atoms with E-state index in [1.165, 1.54) is 24.3 Å². The van der Waals surface area contributed by atoms with Gasteiger partial charge in [0.15, 0.2) is 5.76 Å². The maximum Gasteiger partial charge on any atom is 0.317 e. The fraction of sp³-hybridized carbons (Fsp3) is 0.400. The Morgan fingerprint density at radius 1 is 1.25 bits per heavy atom. The van der Waals surface area contributed by atoms with E-state index in [4.69, 9.17) is 14.3 Å². The Hall–Kier alpha value is -2.87. The van der Waals surface area contributed by atoms with E-state index in [1.54, 1.807) is 12.1 Å². The second-order valence-corrected chi connectivity index (χ2v) is 6.76. The van der Waals surface area contributed by atoms with Crippen molar-refractivity contribution in [1.29, 1.82) is 0 Å². The first-order valence-corrected chi connectivity index (χ1v) is 9.18. The third kappa shape index (κ3) is 5.10. The lowest BCUT2D eigenvalue weighted by atomic mass is 9.85. The molecular formula is C20H23FN2O5. The van der Waals surface area contributed by atoms with Gasteiger partial charge in [0.25, 0.3) is 5.91 Å². The van der Waals surface area contributed by atoms with E-state index in [-0.39, 0.29) is 42.7 Å². The van der Waals surface area contributed by atoms with Crippen LogP contribution in [-0.4, -0.2) is 47.1 Å². The molecule has 1 aliphatic rings. The number of furan rings is 1. The lowest BCUT2D eigenvalue weighted by Crippen LogP contribution is -2.54. The molecule has 2 N–H and O–H groups in total. The molecule has 28 heavy (non-hydrogen) atoms. The van der Waals surface area contributed by atoms with Crippen LogP contribution in [0.3, 0.4) is 0 Å². The average Bonchev–Trinajstić information content (AvgIpc) is 3.11. The molecule has 1 aliphatic carbocycles. The maximum absolute atomic E-state index is 12.9. The predicted octanol–water partition coefficient (Wildman–Crippen LogP) is 2.67. The molecule has 3 rings (SSSR count). The van der Waals surface area contributed by atoms with E-state index in [0.717, 1.165) is 0 Å². The number of carboxylic acid groups (broad SMARTS) is 1. The number of aliphatic carboxylic acids is 1. The molecule has 0 unspecified atom stereocenters. The number of benzene rings is 1. The second-order valence-electron chi connectivity index (χ2n) is 6.76. The summed E-state index contributed by atoms with van der Waals surface area (Å²) < 4.78 is 23.9. The first-order chi connectivity index (χ1) is 13.4. The summed E-state index contributed by atoms with van der Waals surface area (Å²) in [4.78, 5) is 25.1. The minimum atomic E-state index is -0.847. The molecule has 0 radical (unpaired) electrons. The smallest absolute Gasteiger partial charge is 0.317 e. The van der Waals surface area contributed by atoms with Crippen molar-refractivity contribution < 1.29 is 28.2 Å². The molecule has 1 aromatic carbocycles. The maximum atomic E-state index is 12.9. The van der Waals surface area contributed by atoms with Crippen LogP contribution in [0.1, 0.15) is 36.1 Å². The number of rotatable bonds is 9. The number of amides is 1. The van der Waals surface area contributed by atoms with Crippen LogP contribution in [0.4, 0.5) is 4.39 Å². The fourth-order valence-electron chi connectivity index (χ4n) is 3.20. The van der Waals surface area contributed by atoms with Gasteiger partial charge in [-0.3, -0.25) is 14.5 Å². The number of nitrogens with one attached hydrogen (secondary N) is 1. The van der Waals surface area contributed by atoms with Crippen molar-refractivity contribution in [2.45, 2.75) is 38.5 Å². The van der Waals surface area contributed by atoms with Crippen LogP contribution in [0.15, 0.2) is 40.8 Å². The molecule has 1 saturated carbocycles. The van der Waals surface area contributed by atoms with E-state index in [9.17, 15) is 14.0 Å². The highest BCUT2D eigenvalue weighted by molar-refractivity contribution is 5.91. The number of likely N-dealkylation sites (N-methyl/N-ethyl adjacent to an activating group) is 1. The largest absolute Gasteiger partial charge is 0.486 e. The van der Waals surface area contributed by atoms with Crippen LogP contribution in [0.5, 0.6) is 5.75 Å². The number of carboxylic acids is 1. The molecule has 1 fully saturated rings. The van der Waals surface area contributed by atoms with Crippen LogP contribution < -0.4 is 10.1 Å². The second kappa shape index (κ2) is 8.88. The Morgan fingerprint density at radius 2 is 1.96 bits per heavy atom. The number of hydrogen-bond donors (Lipinski definition) is 2. The van der Waals surface area contributed by atoms with Gasteiger partial charge in [-0.15, -0.1) is 0 Å². The van der Waals surface area contributed by atoms with Crippen LogP contribution in [0.2, 0.25) is 0 Å². The van der Waals surface area contributed by atoms with Crippen molar-refractivity contribution in [1.82, 2.24) is 10.2 Å². The third-order valence-electron chi connectivity index (χ3n) is 4.79. The van der Waals surface area contributed by atoms with E-state index in [1.807, 2.05) is 11.8 Å². The zero-order valence-corrected chi connectivity index (χ0v) is 15.6. The summed E-state index contributed by atoms with van der Waals surface area (Å²) in [5.74, 6) is -0.310. The van der Waals surface area contributed by atoms with Crippen LogP contribution >= 0.6 is 0 Å². The van der Waals surface area contributed by atoms with Crippen LogP contribution in [0, 0.1) is 5.82 Å². The number of carbonyl (C=O) groups is 2. The number of halogens is 1. The molecule has 0 spiro atoms. The summed E-state index contributed by atoms with van der Waals surface area (Å²) in [7, 11) is 0. The van der Waals surface area contributed by atoms with Gasteiger partial charge in [-0.2, -0.15) is 0 Å². The molecule has 1 heterocycles. The zero-order valence-electron chi connectivity index (χ0n) is 15.6. The molecule has 7 nitrogen and oxygen atoms in total. The number of nitrogens with zero attached hydrogens (tertiary/aromatic N) is 1. The average molecular weight is 390 g/mol. The first kappa shape index (κ1) is 19.9. The Kier molecular flexibility index (Phi) is 6.30. The van der Waals surface area contributed by atoms with Crippen molar-refractivity contribution in [3.8, 4) is 5.75 Å². The number of carbonyl (C=O) groups excluding carboxylic acids is 1. The molecule has 1 amide bonds. The van der Waals surface area contributed by atoms with Gasteiger partial charge >= 0.3 is 5.97 Å². The van der Waals surface area contributed by atoms with E-state index < -0.39 is 5.97 Å². The molecule has 150 valence electrons. The predicted molar refractivity (Wildman–Crippen MR) is 98.6 cm³/mol. The molecule has 0 atom stereocenters. The first-order valence-electron chi connectivity index (χ1n) is 9.18. The molecule has 8 heteroatoms. The summed E-state index contributed by atoms with van der Waals surface area (Å²) in [6, 6.07) is 9.06. The zero-order chi connectivity index (χ0) is 20.1. The van der Waals surface area contributed by atoms with Gasteiger partial charge in [0.2, 0.25) is 0 Å². The van der Waals surface area contributed by atoms with Gasteiger partial charge in [0, 0.05) is 12.1 Å². The monoisotopic (exact) mass is 390 g/mol. The minimum absolute atomic E-state index is 0.00404. The summed E-state index contributed by atoms with van der Waals surface area (Å²) in [5, 5.41) is 11.8. The topological polar surface area (TPSA) is 92.0 Å². The van der Waals surface area contributed by atoms with Gasteiger partial charge in [0.1, 0.15) is 23.9 Å². The van der Waals surface area contributed by atoms with Gasteiger partial charge in [-0.1, -0.05) is 6.92 Å². The molecule has 0 aliphatic heterocycles. The SMILES string of the molecule is CCN(CC(=O)O)C1CC(NC(=O)c2ccc(COc3ccc(F)cc3)o2)C1. The van der Waals surface area contributed by atoms with E-state index in [2.05, 4.69) is 5.32 Å². The summed E-state index contributed by atoms with van der Waals surface area (Å²) in [6.07, 6.45) is 1.43. The van der Waals surface area contributed by atoms with E-state index in [0.29, 0.717) is 30.9 Å². The lowest BCUT2D eigenvalue weighted by Gasteiger charge is -2.42. The minimum Gasteiger partial charge on any atom is -0.486 e.